The molecule has 1 N–H and O–H groups in total. The van der Waals surface area contributed by atoms with E-state index in [0.717, 1.165) is 17.5 Å². The Labute approximate surface area is 102 Å². The summed E-state index contributed by atoms with van der Waals surface area (Å²) in [5, 5.41) is 3.44. The first kappa shape index (κ1) is 12.0. The summed E-state index contributed by atoms with van der Waals surface area (Å²) in [5.41, 5.74) is 1.14. The molecule has 0 aromatic carbocycles. The van der Waals surface area contributed by atoms with Gasteiger partial charge in [-0.15, -0.1) is 0 Å². The number of hydrogen-bond acceptors (Lipinski definition) is 4. The van der Waals surface area contributed by atoms with Crippen molar-refractivity contribution in [2.75, 3.05) is 7.05 Å². The lowest BCUT2D eigenvalue weighted by atomic mass is 9.73. The molecule has 3 unspecified atom stereocenters. The van der Waals surface area contributed by atoms with Crippen molar-refractivity contribution < 1.29 is 0 Å². The van der Waals surface area contributed by atoms with Crippen molar-refractivity contribution in [2.24, 2.45) is 11.8 Å². The van der Waals surface area contributed by atoms with Crippen molar-refractivity contribution in [2.45, 2.75) is 45.1 Å². The van der Waals surface area contributed by atoms with Gasteiger partial charge in [0.25, 0.3) is 0 Å². The molecule has 0 radical (unpaired) electrons. The van der Waals surface area contributed by atoms with Gasteiger partial charge >= 0.3 is 0 Å². The Bertz CT molecular complexity index is 299. The van der Waals surface area contributed by atoms with Gasteiger partial charge in [-0.1, -0.05) is 32.6 Å². The third kappa shape index (κ3) is 2.43. The molecule has 1 fully saturated rings. The maximum atomic E-state index is 4.40. The first-order valence-corrected chi connectivity index (χ1v) is 7.04. The van der Waals surface area contributed by atoms with Gasteiger partial charge in [0.15, 0.2) is 0 Å². The third-order valence-electron chi connectivity index (χ3n) is 3.93. The van der Waals surface area contributed by atoms with E-state index in [1.807, 2.05) is 13.2 Å². The van der Waals surface area contributed by atoms with Crippen molar-refractivity contribution >= 4 is 11.7 Å². The van der Waals surface area contributed by atoms with Gasteiger partial charge in [-0.25, -0.2) is 0 Å². The van der Waals surface area contributed by atoms with Crippen molar-refractivity contribution in [3.8, 4) is 0 Å². The number of nitrogens with zero attached hydrogens (tertiary/aromatic N) is 2. The fraction of sp³-hybridized carbons (Fsp3) is 0.833. The van der Waals surface area contributed by atoms with Crippen molar-refractivity contribution in [3.63, 3.8) is 0 Å². The minimum Gasteiger partial charge on any atom is -0.311 e. The summed E-state index contributed by atoms with van der Waals surface area (Å²) in [5.74, 6) is 1.60. The lowest BCUT2D eigenvalue weighted by molar-refractivity contribution is 0.179. The van der Waals surface area contributed by atoms with E-state index in [1.165, 1.54) is 43.8 Å². The second kappa shape index (κ2) is 5.73. The van der Waals surface area contributed by atoms with Gasteiger partial charge in [-0.3, -0.25) is 0 Å². The molecular weight excluding hydrogens is 218 g/mol. The standard InChI is InChI=1S/C12H21N3S/c1-3-9-6-4-5-7-10(9)12(13-2)11-8-14-16-15-11/h8-10,12-13H,3-7H2,1-2H3. The highest BCUT2D eigenvalue weighted by Gasteiger charge is 2.31. The zero-order valence-corrected chi connectivity index (χ0v) is 11.0. The molecule has 1 aliphatic carbocycles. The van der Waals surface area contributed by atoms with E-state index in [9.17, 15) is 0 Å². The first-order valence-electron chi connectivity index (χ1n) is 6.31. The number of nitrogens with one attached hydrogen (secondary N) is 1. The summed E-state index contributed by atoms with van der Waals surface area (Å²) >= 11 is 1.32. The van der Waals surface area contributed by atoms with Crippen molar-refractivity contribution in [1.29, 1.82) is 0 Å². The molecule has 0 saturated heterocycles. The molecule has 1 aliphatic rings. The Morgan fingerprint density at radius 1 is 1.50 bits per heavy atom. The van der Waals surface area contributed by atoms with Gasteiger partial charge in [-0.05, 0) is 25.3 Å². The van der Waals surface area contributed by atoms with Crippen LogP contribution in [0, 0.1) is 11.8 Å². The first-order chi connectivity index (χ1) is 7.86. The van der Waals surface area contributed by atoms with Crippen LogP contribution in [0.5, 0.6) is 0 Å². The molecule has 0 spiro atoms. The Hall–Kier alpha value is -0.480. The van der Waals surface area contributed by atoms with Crippen LogP contribution < -0.4 is 5.32 Å². The largest absolute Gasteiger partial charge is 0.311 e. The van der Waals surface area contributed by atoms with Gasteiger partial charge in [0, 0.05) is 0 Å². The van der Waals surface area contributed by atoms with Crippen LogP contribution in [0.2, 0.25) is 0 Å². The summed E-state index contributed by atoms with van der Waals surface area (Å²) in [6, 6.07) is 0.406. The summed E-state index contributed by atoms with van der Waals surface area (Å²) in [6.07, 6.45) is 8.71. The Morgan fingerprint density at radius 3 is 2.94 bits per heavy atom. The van der Waals surface area contributed by atoms with E-state index in [2.05, 4.69) is 21.0 Å². The monoisotopic (exact) mass is 239 g/mol. The smallest absolute Gasteiger partial charge is 0.0915 e. The summed E-state index contributed by atoms with van der Waals surface area (Å²) in [6.45, 7) is 2.31. The molecule has 0 amide bonds. The molecule has 1 aromatic heterocycles. The van der Waals surface area contributed by atoms with Gasteiger partial charge in [0.1, 0.15) is 0 Å². The van der Waals surface area contributed by atoms with Crippen LogP contribution >= 0.6 is 11.7 Å². The van der Waals surface area contributed by atoms with Crippen LogP contribution in [-0.2, 0) is 0 Å². The fourth-order valence-corrected chi connectivity index (χ4v) is 3.53. The molecule has 16 heavy (non-hydrogen) atoms. The summed E-state index contributed by atoms with van der Waals surface area (Å²) in [4.78, 5) is 0. The van der Waals surface area contributed by atoms with E-state index in [0.29, 0.717) is 6.04 Å². The minimum absolute atomic E-state index is 0.406. The van der Waals surface area contributed by atoms with Gasteiger partial charge in [0.2, 0.25) is 0 Å². The topological polar surface area (TPSA) is 37.8 Å². The number of hydrogen-bond donors (Lipinski definition) is 1. The minimum atomic E-state index is 0.406. The maximum Gasteiger partial charge on any atom is 0.0915 e. The predicted octanol–water partition coefficient (Wildman–Crippen LogP) is 3.02. The van der Waals surface area contributed by atoms with Gasteiger partial charge in [0.05, 0.1) is 29.7 Å². The average Bonchev–Trinajstić information content (AvgIpc) is 2.84. The SMILES string of the molecule is CCC1CCCCC1C(NC)c1cnsn1. The second-order valence-corrected chi connectivity index (χ2v) is 5.27. The molecule has 4 heteroatoms. The van der Waals surface area contributed by atoms with Crippen LogP contribution in [0.25, 0.3) is 0 Å². The Kier molecular flexibility index (Phi) is 4.29. The number of aromatic nitrogens is 2. The highest BCUT2D eigenvalue weighted by molar-refractivity contribution is 6.99. The van der Waals surface area contributed by atoms with Crippen molar-refractivity contribution in [3.05, 3.63) is 11.9 Å². The van der Waals surface area contributed by atoms with E-state index in [1.54, 1.807) is 0 Å². The highest BCUT2D eigenvalue weighted by Crippen LogP contribution is 2.39. The lowest BCUT2D eigenvalue weighted by Gasteiger charge is -2.35. The van der Waals surface area contributed by atoms with Crippen molar-refractivity contribution in [1.82, 2.24) is 14.1 Å². The van der Waals surface area contributed by atoms with Gasteiger partial charge in [-0.2, -0.15) is 8.75 Å². The molecule has 1 heterocycles. The molecule has 90 valence electrons. The molecule has 1 saturated carbocycles. The van der Waals surface area contributed by atoms with Gasteiger partial charge < -0.3 is 5.32 Å². The molecule has 1 aromatic rings. The fourth-order valence-electron chi connectivity index (χ4n) is 3.07. The van der Waals surface area contributed by atoms with Crippen LogP contribution in [0.4, 0.5) is 0 Å². The normalized spacial score (nSPS) is 27.9. The molecule has 0 bridgehead atoms. The second-order valence-electron chi connectivity index (χ2n) is 4.72. The molecule has 0 aliphatic heterocycles. The average molecular weight is 239 g/mol. The zero-order chi connectivity index (χ0) is 11.4. The Balaban J connectivity index is 2.13. The summed E-state index contributed by atoms with van der Waals surface area (Å²) in [7, 11) is 2.05. The van der Waals surface area contributed by atoms with Crippen LogP contribution in [0.15, 0.2) is 6.20 Å². The molecule has 2 rings (SSSR count). The maximum absolute atomic E-state index is 4.40. The molecule has 3 nitrogen and oxygen atoms in total. The third-order valence-corrected chi connectivity index (χ3v) is 4.42. The van der Waals surface area contributed by atoms with E-state index in [4.69, 9.17) is 0 Å². The van der Waals surface area contributed by atoms with E-state index < -0.39 is 0 Å². The molecular formula is C12H21N3S. The summed E-state index contributed by atoms with van der Waals surface area (Å²) < 4.78 is 8.53. The highest BCUT2D eigenvalue weighted by atomic mass is 32.1. The molecule has 3 atom stereocenters. The Morgan fingerprint density at radius 2 is 2.31 bits per heavy atom. The van der Waals surface area contributed by atoms with Crippen LogP contribution in [0.1, 0.15) is 50.8 Å². The van der Waals surface area contributed by atoms with E-state index >= 15 is 0 Å². The number of rotatable bonds is 4. The van der Waals surface area contributed by atoms with E-state index in [-0.39, 0.29) is 0 Å². The lowest BCUT2D eigenvalue weighted by Crippen LogP contribution is -2.32. The van der Waals surface area contributed by atoms with Crippen LogP contribution in [-0.4, -0.2) is 15.8 Å². The zero-order valence-electron chi connectivity index (χ0n) is 10.1. The quantitative estimate of drug-likeness (QED) is 0.877. The predicted molar refractivity (Wildman–Crippen MR) is 67.4 cm³/mol. The van der Waals surface area contributed by atoms with Crippen LogP contribution in [0.3, 0.4) is 0 Å².